The van der Waals surface area contributed by atoms with E-state index in [1.807, 2.05) is 0 Å². The van der Waals surface area contributed by atoms with Crippen LogP contribution in [0.4, 0.5) is 0 Å². The summed E-state index contributed by atoms with van der Waals surface area (Å²) in [7, 11) is 0. The van der Waals surface area contributed by atoms with E-state index >= 15 is 0 Å². The highest BCUT2D eigenvalue weighted by Gasteiger charge is 2.36. The van der Waals surface area contributed by atoms with E-state index in [9.17, 15) is 29.7 Å². The van der Waals surface area contributed by atoms with E-state index in [-0.39, 0.29) is 24.1 Å². The van der Waals surface area contributed by atoms with Gasteiger partial charge in [0.2, 0.25) is 0 Å². The minimum Gasteiger partial charge on any atom is -0.550 e. The maximum Gasteiger partial charge on any atom is 0.311 e. The summed E-state index contributed by atoms with van der Waals surface area (Å²) in [5.74, 6) is -5.30. The summed E-state index contributed by atoms with van der Waals surface area (Å²) in [6.07, 6.45) is 10.3. The molecule has 3 unspecified atom stereocenters. The van der Waals surface area contributed by atoms with Crippen LogP contribution in [-0.4, -0.2) is 58.8 Å². The molecule has 0 fully saturated rings. The molecule has 168 valence electrons. The van der Waals surface area contributed by atoms with Crippen molar-refractivity contribution in [2.24, 2.45) is 17.8 Å². The van der Waals surface area contributed by atoms with Gasteiger partial charge < -0.3 is 24.6 Å². The molecular weight excluding hydrogens is 374 g/mol. The fraction of sp³-hybridized carbons (Fsp3) is 0.773. The van der Waals surface area contributed by atoms with Gasteiger partial charge in [-0.1, -0.05) is 38.8 Å². The van der Waals surface area contributed by atoms with Crippen molar-refractivity contribution >= 4 is 17.9 Å². The number of carbonyl (C=O) groups is 3. The van der Waals surface area contributed by atoms with Gasteiger partial charge in [0, 0.05) is 11.9 Å². The maximum absolute atomic E-state index is 11.5. The number of quaternary nitrogens is 1. The summed E-state index contributed by atoms with van der Waals surface area (Å²) in [5.41, 5.74) is 0. The number of rotatable bonds is 17. The smallest absolute Gasteiger partial charge is 0.311 e. The molecule has 7 heteroatoms. The first-order chi connectivity index (χ1) is 13.5. The lowest BCUT2D eigenvalue weighted by Crippen LogP contribution is -2.58. The predicted molar refractivity (Wildman–Crippen MR) is 110 cm³/mol. The zero-order chi connectivity index (χ0) is 22.4. The molecule has 0 aliphatic heterocycles. The molecule has 0 saturated carbocycles. The van der Waals surface area contributed by atoms with Gasteiger partial charge in [0.1, 0.15) is 11.8 Å². The zero-order valence-electron chi connectivity index (χ0n) is 18.4. The average molecular weight is 414 g/mol. The first-order valence-electron chi connectivity index (χ1n) is 10.7. The Labute approximate surface area is 175 Å². The lowest BCUT2D eigenvalue weighted by atomic mass is 10.0. The molecule has 0 spiro atoms. The van der Waals surface area contributed by atoms with E-state index in [4.69, 9.17) is 0 Å². The molecule has 29 heavy (non-hydrogen) atoms. The van der Waals surface area contributed by atoms with E-state index < -0.39 is 35.7 Å². The quantitative estimate of drug-likeness (QED) is 0.215. The van der Waals surface area contributed by atoms with Crippen LogP contribution in [0.5, 0.6) is 0 Å². The predicted octanol–water partition coefficient (Wildman–Crippen LogP) is 2.55. The molecule has 0 aromatic rings. The minimum atomic E-state index is -1.20. The normalized spacial score (nSPS) is 16.8. The molecule has 0 aromatic heterocycles. The Balaban J connectivity index is 5.29. The molecule has 0 aliphatic carbocycles. The van der Waals surface area contributed by atoms with Gasteiger partial charge in [-0.25, -0.2) is 0 Å². The van der Waals surface area contributed by atoms with Crippen LogP contribution in [0, 0.1) is 17.8 Å². The number of hydrogen-bond donors (Lipinski definition) is 2. The van der Waals surface area contributed by atoms with Crippen LogP contribution in [0.25, 0.3) is 0 Å². The minimum absolute atomic E-state index is 0.162. The molecule has 0 aromatic carbocycles. The van der Waals surface area contributed by atoms with Crippen molar-refractivity contribution < 1.29 is 34.2 Å². The number of unbranched alkanes of at least 4 members (excludes halogenated alkanes) is 4. The van der Waals surface area contributed by atoms with Crippen molar-refractivity contribution in [3.05, 3.63) is 12.2 Å². The number of allylic oxidation sites excluding steroid dienone is 2. The molecule has 7 nitrogen and oxygen atoms in total. The number of carbonyl (C=O) groups excluding carboxylic acids is 1. The Kier molecular flexibility index (Phi) is 13.2. The SMILES string of the molecule is CCCC/C=C/CCCC[N+](CC(C)C(=O)[O-])(CC(C)C(=O)O)CC(C)C(=O)O. The van der Waals surface area contributed by atoms with Crippen molar-refractivity contribution in [3.63, 3.8) is 0 Å². The number of nitrogens with zero attached hydrogens (tertiary/aromatic N) is 1. The Morgan fingerprint density at radius 2 is 1.28 bits per heavy atom. The standard InChI is InChI=1S/C22H39NO6/c1-5-6-7-8-9-10-11-12-13-23(14-17(2)20(24)25,15-18(3)21(26)27)16-19(4)22(28)29/h8-9,17-19H,5-7,10-16H2,1-4H3,(H2-,24,25,26,27,28,29)/b9-8+. The first-order valence-corrected chi connectivity index (χ1v) is 10.7. The van der Waals surface area contributed by atoms with Gasteiger partial charge in [-0.2, -0.15) is 0 Å². The summed E-state index contributed by atoms with van der Waals surface area (Å²) in [6, 6.07) is 0. The molecular formula is C22H39NO6. The molecule has 0 saturated heterocycles. The molecule has 2 N–H and O–H groups in total. The van der Waals surface area contributed by atoms with Gasteiger partial charge in [-0.05, 0) is 39.5 Å². The van der Waals surface area contributed by atoms with Gasteiger partial charge >= 0.3 is 11.9 Å². The highest BCUT2D eigenvalue weighted by atomic mass is 16.4. The summed E-state index contributed by atoms with van der Waals surface area (Å²) in [6.45, 7) is 7.99. The topological polar surface area (TPSA) is 115 Å². The van der Waals surface area contributed by atoms with Crippen molar-refractivity contribution in [1.29, 1.82) is 0 Å². The number of aliphatic carboxylic acids is 3. The van der Waals surface area contributed by atoms with Gasteiger partial charge in [0.25, 0.3) is 0 Å². The third-order valence-electron chi connectivity index (χ3n) is 5.37. The van der Waals surface area contributed by atoms with Crippen LogP contribution in [-0.2, 0) is 14.4 Å². The maximum atomic E-state index is 11.5. The van der Waals surface area contributed by atoms with Gasteiger partial charge in [-0.15, -0.1) is 0 Å². The van der Waals surface area contributed by atoms with E-state index in [1.54, 1.807) is 13.8 Å². The molecule has 0 amide bonds. The number of carboxylic acids is 3. The van der Waals surface area contributed by atoms with E-state index in [0.29, 0.717) is 6.54 Å². The largest absolute Gasteiger partial charge is 0.550 e. The van der Waals surface area contributed by atoms with E-state index in [2.05, 4.69) is 19.1 Å². The van der Waals surface area contributed by atoms with Crippen LogP contribution in [0.15, 0.2) is 12.2 Å². The van der Waals surface area contributed by atoms with Gasteiger partial charge in [0.15, 0.2) is 0 Å². The fourth-order valence-electron chi connectivity index (χ4n) is 3.74. The van der Waals surface area contributed by atoms with Crippen LogP contribution in [0.3, 0.4) is 0 Å². The average Bonchev–Trinajstić information content (AvgIpc) is 2.63. The van der Waals surface area contributed by atoms with E-state index in [1.165, 1.54) is 6.92 Å². The molecule has 0 heterocycles. The summed E-state index contributed by atoms with van der Waals surface area (Å²) in [5, 5.41) is 30.1. The second kappa shape index (κ2) is 14.1. The zero-order valence-corrected chi connectivity index (χ0v) is 18.4. The highest BCUT2D eigenvalue weighted by molar-refractivity contribution is 5.70. The fourth-order valence-corrected chi connectivity index (χ4v) is 3.74. The van der Waals surface area contributed by atoms with Crippen LogP contribution < -0.4 is 5.11 Å². The van der Waals surface area contributed by atoms with Gasteiger partial charge in [-0.3, -0.25) is 9.59 Å². The summed E-state index contributed by atoms with van der Waals surface area (Å²) < 4.78 is 0.162. The van der Waals surface area contributed by atoms with Crippen molar-refractivity contribution in [3.8, 4) is 0 Å². The van der Waals surface area contributed by atoms with Crippen LogP contribution in [0.1, 0.15) is 66.2 Å². The van der Waals surface area contributed by atoms with Crippen molar-refractivity contribution in [2.75, 3.05) is 26.2 Å². The molecule has 0 rings (SSSR count). The number of carboxylic acid groups (broad SMARTS) is 3. The summed E-state index contributed by atoms with van der Waals surface area (Å²) >= 11 is 0. The highest BCUT2D eigenvalue weighted by Crippen LogP contribution is 2.21. The Hall–Kier alpha value is -1.89. The van der Waals surface area contributed by atoms with Crippen molar-refractivity contribution in [1.82, 2.24) is 0 Å². The summed E-state index contributed by atoms with van der Waals surface area (Å²) in [4.78, 5) is 34.3. The molecule has 0 aliphatic rings. The van der Waals surface area contributed by atoms with Gasteiger partial charge in [0.05, 0.1) is 26.2 Å². The second-order valence-corrected chi connectivity index (χ2v) is 8.42. The first kappa shape index (κ1) is 27.1. The third-order valence-corrected chi connectivity index (χ3v) is 5.37. The Morgan fingerprint density at radius 3 is 1.69 bits per heavy atom. The van der Waals surface area contributed by atoms with E-state index in [0.717, 1.165) is 38.5 Å². The van der Waals surface area contributed by atoms with Crippen LogP contribution in [0.2, 0.25) is 0 Å². The van der Waals surface area contributed by atoms with Crippen LogP contribution >= 0.6 is 0 Å². The monoisotopic (exact) mass is 413 g/mol. The third kappa shape index (κ3) is 11.6. The molecule has 3 atom stereocenters. The Morgan fingerprint density at radius 1 is 0.828 bits per heavy atom. The molecule has 0 bridgehead atoms. The number of hydrogen-bond acceptors (Lipinski definition) is 4. The lowest BCUT2D eigenvalue weighted by molar-refractivity contribution is -0.934. The Bertz CT molecular complexity index is 490. The second-order valence-electron chi connectivity index (χ2n) is 8.42. The van der Waals surface area contributed by atoms with Crippen molar-refractivity contribution in [2.45, 2.75) is 66.2 Å². The lowest BCUT2D eigenvalue weighted by Gasteiger charge is -2.43. The molecule has 0 radical (unpaired) electrons.